The molecule has 4 heteroatoms. The predicted molar refractivity (Wildman–Crippen MR) is 115 cm³/mol. The van der Waals surface area contributed by atoms with Crippen LogP contribution in [0.4, 0.5) is 5.82 Å². The van der Waals surface area contributed by atoms with Gasteiger partial charge in [-0.3, -0.25) is 0 Å². The zero-order chi connectivity index (χ0) is 19.8. The van der Waals surface area contributed by atoms with E-state index in [9.17, 15) is 5.11 Å². The van der Waals surface area contributed by atoms with Gasteiger partial charge in [-0.05, 0) is 85.7 Å². The third kappa shape index (κ3) is 2.38. The molecule has 0 spiro atoms. The maximum Gasteiger partial charge on any atom is 0.133 e. The third-order valence-corrected chi connectivity index (χ3v) is 9.55. The molecule has 3 saturated carbocycles. The van der Waals surface area contributed by atoms with Crippen LogP contribution in [0.2, 0.25) is 0 Å². The third-order valence-electron chi connectivity index (χ3n) is 9.55. The van der Waals surface area contributed by atoms with Gasteiger partial charge in [0.05, 0.1) is 18.0 Å². The Kier molecular flexibility index (Phi) is 3.79. The summed E-state index contributed by atoms with van der Waals surface area (Å²) in [6, 6.07) is 11.0. The van der Waals surface area contributed by atoms with Crippen LogP contribution in [0.25, 0.3) is 5.69 Å². The summed E-state index contributed by atoms with van der Waals surface area (Å²) < 4.78 is 2.09. The van der Waals surface area contributed by atoms with Gasteiger partial charge >= 0.3 is 0 Å². The van der Waals surface area contributed by atoms with Gasteiger partial charge in [0, 0.05) is 11.6 Å². The van der Waals surface area contributed by atoms with E-state index in [2.05, 4.69) is 60.4 Å². The number of benzene rings is 1. The Bertz CT molecular complexity index is 923. The fourth-order valence-electron chi connectivity index (χ4n) is 7.93. The molecular weight excluding hydrogens is 358 g/mol. The molecular formula is C25H33N3O. The van der Waals surface area contributed by atoms with E-state index < -0.39 is 0 Å². The van der Waals surface area contributed by atoms with Crippen molar-refractivity contribution in [3.05, 3.63) is 42.1 Å². The molecule has 6 rings (SSSR count). The molecule has 2 aromatic rings. The zero-order valence-corrected chi connectivity index (χ0v) is 17.6. The van der Waals surface area contributed by atoms with Crippen molar-refractivity contribution in [3.63, 3.8) is 0 Å². The van der Waals surface area contributed by atoms with Crippen LogP contribution in [0, 0.1) is 28.6 Å². The molecule has 2 N–H and O–H groups in total. The summed E-state index contributed by atoms with van der Waals surface area (Å²) >= 11 is 0. The number of rotatable bonds is 1. The predicted octanol–water partition coefficient (Wildman–Crippen LogP) is 4.81. The van der Waals surface area contributed by atoms with E-state index >= 15 is 0 Å². The zero-order valence-electron chi connectivity index (χ0n) is 17.6. The Hall–Kier alpha value is -1.81. The van der Waals surface area contributed by atoms with Crippen LogP contribution in [0.3, 0.4) is 0 Å². The Morgan fingerprint density at radius 2 is 1.79 bits per heavy atom. The molecule has 0 amide bonds. The second-order valence-electron chi connectivity index (χ2n) is 10.7. The van der Waals surface area contributed by atoms with Crippen molar-refractivity contribution in [1.82, 2.24) is 9.78 Å². The highest BCUT2D eigenvalue weighted by atomic mass is 16.3. The monoisotopic (exact) mass is 391 g/mol. The van der Waals surface area contributed by atoms with Crippen molar-refractivity contribution in [3.8, 4) is 5.69 Å². The first-order valence-electron chi connectivity index (χ1n) is 11.6. The first-order valence-corrected chi connectivity index (χ1v) is 11.6. The average molecular weight is 392 g/mol. The van der Waals surface area contributed by atoms with Gasteiger partial charge in [-0.25, -0.2) is 4.68 Å². The second-order valence-corrected chi connectivity index (χ2v) is 10.7. The molecule has 7 atom stereocenters. The van der Waals surface area contributed by atoms with E-state index in [4.69, 9.17) is 5.10 Å². The van der Waals surface area contributed by atoms with Crippen molar-refractivity contribution >= 4 is 5.82 Å². The van der Waals surface area contributed by atoms with E-state index in [-0.39, 0.29) is 16.9 Å². The van der Waals surface area contributed by atoms with Crippen molar-refractivity contribution < 1.29 is 5.11 Å². The summed E-state index contributed by atoms with van der Waals surface area (Å²) in [6.45, 7) is 4.92. The molecule has 2 heterocycles. The van der Waals surface area contributed by atoms with Gasteiger partial charge in [-0.15, -0.1) is 0 Å². The Balaban J connectivity index is 1.34. The molecule has 1 aromatic heterocycles. The topological polar surface area (TPSA) is 50.1 Å². The molecule has 1 unspecified atom stereocenters. The molecule has 4 aliphatic rings. The number of para-hydroxylation sites is 1. The number of aliphatic hydroxyl groups excluding tert-OH is 1. The SMILES string of the molecule is C[C@]12Cc3cnn(-c4ccccc4)c3N[C@@H]1CC[C@@H]1[C@@H]2CC[C@]2(C)C(O)CC[C@@H]12. The van der Waals surface area contributed by atoms with Crippen molar-refractivity contribution in [1.29, 1.82) is 0 Å². The molecule has 0 bridgehead atoms. The quantitative estimate of drug-likeness (QED) is 0.733. The fraction of sp³-hybridized carbons (Fsp3) is 0.640. The molecule has 154 valence electrons. The van der Waals surface area contributed by atoms with Gasteiger partial charge in [0.15, 0.2) is 0 Å². The van der Waals surface area contributed by atoms with Gasteiger partial charge in [-0.2, -0.15) is 5.10 Å². The lowest BCUT2D eigenvalue weighted by Crippen LogP contribution is -2.58. The fourth-order valence-corrected chi connectivity index (χ4v) is 7.93. The van der Waals surface area contributed by atoms with E-state index in [0.717, 1.165) is 30.4 Å². The van der Waals surface area contributed by atoms with E-state index in [0.29, 0.717) is 12.0 Å². The maximum atomic E-state index is 10.7. The van der Waals surface area contributed by atoms with Crippen molar-refractivity contribution in [2.45, 2.75) is 70.9 Å². The minimum Gasteiger partial charge on any atom is -0.393 e. The summed E-state index contributed by atoms with van der Waals surface area (Å²) in [7, 11) is 0. The summed E-state index contributed by atoms with van der Waals surface area (Å²) in [6.07, 6.45) is 10.4. The van der Waals surface area contributed by atoms with E-state index in [1.54, 1.807) is 0 Å². The number of aliphatic hydroxyl groups is 1. The molecule has 3 fully saturated rings. The first kappa shape index (κ1) is 18.0. The highest BCUT2D eigenvalue weighted by Crippen LogP contribution is 2.64. The first-order chi connectivity index (χ1) is 14.0. The number of hydrogen-bond acceptors (Lipinski definition) is 3. The van der Waals surface area contributed by atoms with Crippen LogP contribution in [-0.2, 0) is 6.42 Å². The van der Waals surface area contributed by atoms with Crippen LogP contribution in [0.15, 0.2) is 36.5 Å². The Morgan fingerprint density at radius 1 is 1.00 bits per heavy atom. The van der Waals surface area contributed by atoms with E-state index in [1.165, 1.54) is 43.5 Å². The molecule has 4 nitrogen and oxygen atoms in total. The summed E-state index contributed by atoms with van der Waals surface area (Å²) in [5, 5.41) is 19.4. The molecule has 0 radical (unpaired) electrons. The molecule has 0 saturated heterocycles. The lowest BCUT2D eigenvalue weighted by molar-refractivity contribution is -0.0914. The maximum absolute atomic E-state index is 10.7. The van der Waals surface area contributed by atoms with E-state index in [1.807, 2.05) is 0 Å². The standard InChI is InChI=1S/C25H33N3O/c1-24-13-12-20-18(19(24)9-11-22(24)29)8-10-21-25(20,2)14-16-15-26-28(23(16)27-21)17-6-4-3-5-7-17/h3-7,15,18-22,27,29H,8-14H2,1-2H3/t18-,19-,20-,21+,22?,24-,25+/m0/s1. The van der Waals surface area contributed by atoms with Gasteiger partial charge < -0.3 is 10.4 Å². The lowest BCUT2D eigenvalue weighted by atomic mass is 9.47. The van der Waals surface area contributed by atoms with Crippen LogP contribution in [-0.4, -0.2) is 27.0 Å². The highest BCUT2D eigenvalue weighted by Gasteiger charge is 2.60. The second kappa shape index (κ2) is 6.10. The summed E-state index contributed by atoms with van der Waals surface area (Å²) in [4.78, 5) is 0. The molecule has 3 aliphatic carbocycles. The normalized spacial score (nSPS) is 42.9. The van der Waals surface area contributed by atoms with Gasteiger partial charge in [-0.1, -0.05) is 32.0 Å². The number of fused-ring (bicyclic) bond motifs is 6. The Labute approximate surface area is 173 Å². The van der Waals surface area contributed by atoms with Gasteiger partial charge in [0.2, 0.25) is 0 Å². The number of hydrogen-bond donors (Lipinski definition) is 2. The largest absolute Gasteiger partial charge is 0.393 e. The van der Waals surface area contributed by atoms with Crippen LogP contribution in [0.1, 0.15) is 57.9 Å². The summed E-state index contributed by atoms with van der Waals surface area (Å²) in [5.41, 5.74) is 2.95. The van der Waals surface area contributed by atoms with Gasteiger partial charge in [0.1, 0.15) is 5.82 Å². The minimum atomic E-state index is -0.0841. The molecule has 1 aliphatic heterocycles. The smallest absolute Gasteiger partial charge is 0.133 e. The minimum absolute atomic E-state index is 0.0841. The highest BCUT2D eigenvalue weighted by molar-refractivity contribution is 5.54. The molecule has 1 aromatic carbocycles. The lowest BCUT2D eigenvalue weighted by Gasteiger charge is -2.60. The van der Waals surface area contributed by atoms with Crippen molar-refractivity contribution in [2.75, 3.05) is 5.32 Å². The van der Waals surface area contributed by atoms with Crippen molar-refractivity contribution in [2.24, 2.45) is 28.6 Å². The summed E-state index contributed by atoms with van der Waals surface area (Å²) in [5.74, 6) is 3.45. The number of anilines is 1. The molecule has 29 heavy (non-hydrogen) atoms. The van der Waals surface area contributed by atoms with Crippen LogP contribution >= 0.6 is 0 Å². The van der Waals surface area contributed by atoms with Crippen LogP contribution in [0.5, 0.6) is 0 Å². The number of aromatic nitrogens is 2. The number of nitrogens with one attached hydrogen (secondary N) is 1. The Morgan fingerprint density at radius 3 is 2.62 bits per heavy atom. The average Bonchev–Trinajstić information content (AvgIpc) is 3.26. The van der Waals surface area contributed by atoms with Crippen LogP contribution < -0.4 is 5.32 Å². The number of nitrogens with zero attached hydrogens (tertiary/aromatic N) is 2. The van der Waals surface area contributed by atoms with Gasteiger partial charge in [0.25, 0.3) is 0 Å².